The van der Waals surface area contributed by atoms with Crippen LogP contribution in [-0.4, -0.2) is 0 Å². The van der Waals surface area contributed by atoms with E-state index < -0.39 is 0 Å². The van der Waals surface area contributed by atoms with Crippen LogP contribution in [-0.2, 0) is 0 Å². The van der Waals surface area contributed by atoms with Crippen molar-refractivity contribution in [2.45, 2.75) is 6.92 Å². The summed E-state index contributed by atoms with van der Waals surface area (Å²) < 4.78 is 1.88. The Bertz CT molecular complexity index is 869. The van der Waals surface area contributed by atoms with Crippen molar-refractivity contribution in [2.75, 3.05) is 0 Å². The van der Waals surface area contributed by atoms with Crippen molar-refractivity contribution in [1.82, 2.24) is 0 Å². The molecule has 0 saturated heterocycles. The highest BCUT2D eigenvalue weighted by Gasteiger charge is 2.05. The summed E-state index contributed by atoms with van der Waals surface area (Å²) in [5.74, 6) is 0. The molecule has 0 spiro atoms. The standard InChI is InChI=1S/C16H10Br2O/c1-9-6-11-3-2-10-4-5-12(17)7-13(10)16(19)14(11)8-15(9)18/h2-8H,1H3. The zero-order valence-corrected chi connectivity index (χ0v) is 13.4. The summed E-state index contributed by atoms with van der Waals surface area (Å²) in [5.41, 5.74) is 1.19. The van der Waals surface area contributed by atoms with E-state index in [1.54, 1.807) is 0 Å². The minimum Gasteiger partial charge on any atom is -0.289 e. The van der Waals surface area contributed by atoms with Crippen LogP contribution in [0.3, 0.4) is 0 Å². The molecule has 0 bridgehead atoms. The zero-order valence-electron chi connectivity index (χ0n) is 10.2. The number of rotatable bonds is 0. The molecule has 94 valence electrons. The van der Waals surface area contributed by atoms with Gasteiger partial charge in [0.05, 0.1) is 0 Å². The summed E-state index contributed by atoms with van der Waals surface area (Å²) in [7, 11) is 0. The lowest BCUT2D eigenvalue weighted by Crippen LogP contribution is -1.98. The van der Waals surface area contributed by atoms with Gasteiger partial charge >= 0.3 is 0 Å². The van der Waals surface area contributed by atoms with Crippen LogP contribution in [0.15, 0.2) is 56.2 Å². The minimum atomic E-state index is 0.0667. The van der Waals surface area contributed by atoms with Gasteiger partial charge in [-0.3, -0.25) is 4.79 Å². The summed E-state index contributed by atoms with van der Waals surface area (Å²) in [5, 5.41) is 3.40. The number of aryl methyl sites for hydroxylation is 1. The molecule has 3 heteroatoms. The van der Waals surface area contributed by atoms with E-state index in [1.165, 1.54) is 0 Å². The lowest BCUT2D eigenvalue weighted by Gasteiger charge is -1.99. The number of halogens is 2. The quantitative estimate of drug-likeness (QED) is 0.527. The molecule has 0 unspecified atom stereocenters. The Hall–Kier alpha value is -1.19. The number of benzene rings is 2. The second kappa shape index (κ2) is 4.73. The van der Waals surface area contributed by atoms with Gasteiger partial charge in [-0.2, -0.15) is 0 Å². The molecule has 0 fully saturated rings. The van der Waals surface area contributed by atoms with Crippen LogP contribution in [0, 0.1) is 6.92 Å². The number of fused-ring (bicyclic) bond motifs is 2. The Morgan fingerprint density at radius 3 is 2.26 bits per heavy atom. The molecule has 0 heterocycles. The molecule has 3 rings (SSSR count). The maximum Gasteiger partial charge on any atom is 0.194 e. The third-order valence-corrected chi connectivity index (χ3v) is 4.63. The molecule has 19 heavy (non-hydrogen) atoms. The fraction of sp³-hybridized carbons (Fsp3) is 0.0625. The van der Waals surface area contributed by atoms with Crippen molar-refractivity contribution in [3.63, 3.8) is 0 Å². The molecule has 1 nitrogen and oxygen atoms in total. The SMILES string of the molecule is Cc1cc2ccc3ccc(Br)cc3c(=O)c2cc1Br. The molecule has 0 amide bonds. The van der Waals surface area contributed by atoms with Crippen molar-refractivity contribution < 1.29 is 0 Å². The summed E-state index contributed by atoms with van der Waals surface area (Å²) >= 11 is 6.92. The highest BCUT2D eigenvalue weighted by atomic mass is 79.9. The van der Waals surface area contributed by atoms with Crippen LogP contribution in [0.1, 0.15) is 5.56 Å². The van der Waals surface area contributed by atoms with E-state index in [9.17, 15) is 4.79 Å². The van der Waals surface area contributed by atoms with Gasteiger partial charge in [-0.05, 0) is 41.5 Å². The fourth-order valence-electron chi connectivity index (χ4n) is 2.23. The van der Waals surface area contributed by atoms with E-state index in [4.69, 9.17) is 0 Å². The second-order valence-corrected chi connectivity index (χ2v) is 6.35. The highest BCUT2D eigenvalue weighted by molar-refractivity contribution is 9.10. The van der Waals surface area contributed by atoms with Gasteiger partial charge in [-0.1, -0.05) is 56.1 Å². The van der Waals surface area contributed by atoms with Crippen LogP contribution in [0.5, 0.6) is 0 Å². The monoisotopic (exact) mass is 376 g/mol. The predicted molar refractivity (Wildman–Crippen MR) is 87.9 cm³/mol. The Morgan fingerprint density at radius 1 is 0.842 bits per heavy atom. The van der Waals surface area contributed by atoms with E-state index in [1.807, 2.05) is 49.4 Å². The predicted octanol–water partition coefficient (Wildman–Crippen LogP) is 5.19. The summed E-state index contributed by atoms with van der Waals surface area (Å²) in [6, 6.07) is 13.7. The second-order valence-electron chi connectivity index (χ2n) is 4.58. The van der Waals surface area contributed by atoms with E-state index >= 15 is 0 Å². The van der Waals surface area contributed by atoms with Gasteiger partial charge in [0, 0.05) is 19.7 Å². The van der Waals surface area contributed by atoms with Crippen molar-refractivity contribution >= 4 is 53.4 Å². The normalized spacial score (nSPS) is 11.1. The topological polar surface area (TPSA) is 17.1 Å². The summed E-state index contributed by atoms with van der Waals surface area (Å²) in [6.45, 7) is 2.03. The molecule has 0 radical (unpaired) electrons. The average molecular weight is 378 g/mol. The number of hydrogen-bond donors (Lipinski definition) is 0. The molecule has 0 aliphatic carbocycles. The Kier molecular flexibility index (Phi) is 3.19. The first-order valence-corrected chi connectivity index (χ1v) is 7.47. The van der Waals surface area contributed by atoms with Gasteiger partial charge < -0.3 is 0 Å². The van der Waals surface area contributed by atoms with Crippen molar-refractivity contribution in [2.24, 2.45) is 0 Å². The summed E-state index contributed by atoms with van der Waals surface area (Å²) in [4.78, 5) is 12.7. The molecule has 0 N–H and O–H groups in total. The third kappa shape index (κ3) is 2.21. The first-order valence-electron chi connectivity index (χ1n) is 5.89. The van der Waals surface area contributed by atoms with Gasteiger partial charge in [-0.25, -0.2) is 0 Å². The highest BCUT2D eigenvalue weighted by Crippen LogP contribution is 2.24. The van der Waals surface area contributed by atoms with Crippen LogP contribution in [0.25, 0.3) is 21.5 Å². The molecule has 0 aromatic heterocycles. The van der Waals surface area contributed by atoms with E-state index in [2.05, 4.69) is 31.9 Å². The minimum absolute atomic E-state index is 0.0667. The Balaban J connectivity index is 2.61. The van der Waals surface area contributed by atoms with E-state index in [-0.39, 0.29) is 5.43 Å². The third-order valence-electron chi connectivity index (χ3n) is 3.28. The van der Waals surface area contributed by atoms with Crippen molar-refractivity contribution in [3.05, 3.63) is 67.2 Å². The summed E-state index contributed by atoms with van der Waals surface area (Å²) in [6.07, 6.45) is 0. The first kappa shape index (κ1) is 12.8. The molecular formula is C16H10Br2O. The molecule has 0 saturated carbocycles. The maximum atomic E-state index is 12.7. The van der Waals surface area contributed by atoms with E-state index in [0.29, 0.717) is 0 Å². The van der Waals surface area contributed by atoms with Gasteiger partial charge in [0.2, 0.25) is 0 Å². The Labute approximate surface area is 127 Å². The smallest absolute Gasteiger partial charge is 0.194 e. The first-order chi connectivity index (χ1) is 9.06. The van der Waals surface area contributed by atoms with E-state index in [0.717, 1.165) is 36.1 Å². The molecular weight excluding hydrogens is 368 g/mol. The molecule has 0 aliphatic heterocycles. The Morgan fingerprint density at radius 2 is 1.47 bits per heavy atom. The van der Waals surface area contributed by atoms with Crippen LogP contribution in [0.4, 0.5) is 0 Å². The van der Waals surface area contributed by atoms with Gasteiger partial charge in [0.1, 0.15) is 0 Å². The van der Waals surface area contributed by atoms with Crippen LogP contribution >= 0.6 is 31.9 Å². The van der Waals surface area contributed by atoms with Gasteiger partial charge in [0.25, 0.3) is 0 Å². The molecule has 3 aromatic carbocycles. The molecule has 3 aromatic rings. The largest absolute Gasteiger partial charge is 0.289 e. The van der Waals surface area contributed by atoms with Crippen molar-refractivity contribution in [1.29, 1.82) is 0 Å². The van der Waals surface area contributed by atoms with Crippen LogP contribution < -0.4 is 5.43 Å². The van der Waals surface area contributed by atoms with Gasteiger partial charge in [0.15, 0.2) is 5.43 Å². The van der Waals surface area contributed by atoms with Crippen molar-refractivity contribution in [3.8, 4) is 0 Å². The number of hydrogen-bond acceptors (Lipinski definition) is 1. The molecule has 0 aliphatic rings. The fourth-order valence-corrected chi connectivity index (χ4v) is 2.94. The lowest BCUT2D eigenvalue weighted by atomic mass is 10.1. The molecule has 0 atom stereocenters. The zero-order chi connectivity index (χ0) is 13.6. The van der Waals surface area contributed by atoms with Gasteiger partial charge in [-0.15, -0.1) is 0 Å². The maximum absolute atomic E-state index is 12.7. The van der Waals surface area contributed by atoms with Crippen LogP contribution in [0.2, 0.25) is 0 Å². The average Bonchev–Trinajstić information content (AvgIpc) is 2.50. The lowest BCUT2D eigenvalue weighted by molar-refractivity contribution is 1.46.